The number of likely N-dealkylation sites (N-methyl/N-ethyl adjacent to an activating group) is 1. The summed E-state index contributed by atoms with van der Waals surface area (Å²) in [5.74, 6) is -5.06. The molecule has 0 bridgehead atoms. The molecular formula is C37H34F7N11O3. The summed E-state index contributed by atoms with van der Waals surface area (Å²) < 4.78 is 102. The van der Waals surface area contributed by atoms with Crippen LogP contribution in [-0.4, -0.2) is 93.6 Å². The van der Waals surface area contributed by atoms with Crippen LogP contribution in [0.4, 0.5) is 30.7 Å². The van der Waals surface area contributed by atoms with Crippen molar-refractivity contribution in [3.05, 3.63) is 82.1 Å². The number of aryl methyl sites for hydroxylation is 1. The summed E-state index contributed by atoms with van der Waals surface area (Å²) in [6.07, 6.45) is -3.04. The van der Waals surface area contributed by atoms with Crippen molar-refractivity contribution in [2.75, 3.05) is 20.1 Å². The molecule has 304 valence electrons. The Morgan fingerprint density at radius 2 is 1.83 bits per heavy atom. The second kappa shape index (κ2) is 14.6. The van der Waals surface area contributed by atoms with Gasteiger partial charge in [0.1, 0.15) is 23.4 Å². The molecule has 3 amide bonds. The van der Waals surface area contributed by atoms with Gasteiger partial charge in [-0.1, -0.05) is 0 Å². The van der Waals surface area contributed by atoms with Gasteiger partial charge >= 0.3 is 12.7 Å². The van der Waals surface area contributed by atoms with Crippen LogP contribution < -0.4 is 5.32 Å². The minimum absolute atomic E-state index is 0.00600. The minimum Gasteiger partial charge on any atom is -0.348 e. The van der Waals surface area contributed by atoms with Gasteiger partial charge in [-0.25, -0.2) is 14.1 Å². The lowest BCUT2D eigenvalue weighted by molar-refractivity contribution is -0.141. The molecule has 0 aliphatic carbocycles. The molecule has 2 aliphatic rings. The summed E-state index contributed by atoms with van der Waals surface area (Å²) in [5, 5.41) is 23.8. The van der Waals surface area contributed by atoms with Crippen LogP contribution in [0.15, 0.2) is 36.7 Å². The normalized spacial score (nSPS) is 16.7. The van der Waals surface area contributed by atoms with Crippen LogP contribution in [0.3, 0.4) is 0 Å². The first-order valence-electron chi connectivity index (χ1n) is 17.9. The highest BCUT2D eigenvalue weighted by atomic mass is 19.4. The van der Waals surface area contributed by atoms with Gasteiger partial charge in [-0.05, 0) is 62.1 Å². The lowest BCUT2D eigenvalue weighted by Gasteiger charge is -2.37. The van der Waals surface area contributed by atoms with Crippen molar-refractivity contribution in [3.63, 3.8) is 0 Å². The predicted molar refractivity (Wildman–Crippen MR) is 189 cm³/mol. The fraction of sp³-hybridized carbons (Fsp3) is 0.405. The number of nitrogens with one attached hydrogen (secondary N) is 1. The van der Waals surface area contributed by atoms with E-state index >= 15 is 4.39 Å². The number of hydrogen-bond donors (Lipinski definition) is 1. The van der Waals surface area contributed by atoms with Gasteiger partial charge in [0.2, 0.25) is 11.8 Å². The Balaban J connectivity index is 1.23. The summed E-state index contributed by atoms with van der Waals surface area (Å²) in [4.78, 5) is 48.3. The molecular weight excluding hydrogens is 779 g/mol. The Kier molecular flexibility index (Phi) is 10.0. The van der Waals surface area contributed by atoms with Crippen molar-refractivity contribution in [1.82, 2.24) is 49.4 Å². The van der Waals surface area contributed by atoms with E-state index in [1.807, 2.05) is 6.07 Å². The number of fused-ring (bicyclic) bond motifs is 2. The maximum atomic E-state index is 15.8. The second-order valence-corrected chi connectivity index (χ2v) is 14.9. The van der Waals surface area contributed by atoms with Gasteiger partial charge in [0.25, 0.3) is 11.9 Å². The van der Waals surface area contributed by atoms with Gasteiger partial charge in [0.15, 0.2) is 5.69 Å². The van der Waals surface area contributed by atoms with Gasteiger partial charge < -0.3 is 15.1 Å². The Morgan fingerprint density at radius 1 is 1.09 bits per heavy atom. The third kappa shape index (κ3) is 7.22. The number of nitriles is 1. The zero-order valence-corrected chi connectivity index (χ0v) is 31.3. The van der Waals surface area contributed by atoms with Crippen LogP contribution in [0.2, 0.25) is 0 Å². The molecule has 5 aromatic rings. The molecule has 0 spiro atoms. The van der Waals surface area contributed by atoms with E-state index in [0.717, 1.165) is 34.1 Å². The second-order valence-electron chi connectivity index (χ2n) is 14.9. The summed E-state index contributed by atoms with van der Waals surface area (Å²) in [5.41, 5.74) is -2.72. The van der Waals surface area contributed by atoms with E-state index in [0.29, 0.717) is 11.2 Å². The summed E-state index contributed by atoms with van der Waals surface area (Å²) in [6, 6.07) is 4.93. The van der Waals surface area contributed by atoms with Crippen molar-refractivity contribution < 1.29 is 45.1 Å². The number of aromatic nitrogens is 7. The molecule has 2 aliphatic heterocycles. The molecule has 7 rings (SSSR count). The topological polar surface area (TPSA) is 160 Å². The molecule has 0 saturated carbocycles. The molecule has 1 fully saturated rings. The number of rotatable bonds is 10. The Labute approximate surface area is 324 Å². The highest BCUT2D eigenvalue weighted by Crippen LogP contribution is 2.37. The van der Waals surface area contributed by atoms with Gasteiger partial charge in [-0.2, -0.15) is 41.8 Å². The first kappa shape index (κ1) is 39.9. The van der Waals surface area contributed by atoms with Crippen LogP contribution in [0.25, 0.3) is 22.3 Å². The molecule has 14 nitrogen and oxygen atoms in total. The summed E-state index contributed by atoms with van der Waals surface area (Å²) in [7, 11) is 2.99. The number of halogens is 7. The smallest absolute Gasteiger partial charge is 0.348 e. The first-order valence-corrected chi connectivity index (χ1v) is 17.9. The minimum atomic E-state index is -4.84. The monoisotopic (exact) mass is 813 g/mol. The number of amides is 3. The van der Waals surface area contributed by atoms with Crippen LogP contribution in [0, 0.1) is 23.1 Å². The fourth-order valence-electron chi connectivity index (χ4n) is 7.59. The fourth-order valence-corrected chi connectivity index (χ4v) is 7.59. The lowest BCUT2D eigenvalue weighted by atomic mass is 9.89. The van der Waals surface area contributed by atoms with Gasteiger partial charge in [0, 0.05) is 45.4 Å². The Bertz CT molecular complexity index is 2520. The molecule has 1 N–H and O–H groups in total. The maximum absolute atomic E-state index is 15.8. The van der Waals surface area contributed by atoms with Crippen molar-refractivity contribution >= 4 is 28.8 Å². The lowest BCUT2D eigenvalue weighted by Crippen LogP contribution is -2.58. The quantitative estimate of drug-likeness (QED) is 0.198. The standard InChI is InChI=1S/C37H34F7N11O3/c1-36(2,17-55-24(13-27(49-55)37(42,43)44)22-7-9-51(3)33(22)57)48-32(56)26(11-18-15-46-54(16-18)35(40)41)53-10-8-20-21(5-6-23(38)28(20)34(53)58)29-19(14-45)12-25-30(47-29)31(39)50-52(25)4/h5-6,12-13,15-16,22,26,35H,7-11,17H2,1-4H3,(H,48,56)/t22?,26-/m1/s1. The van der Waals surface area contributed by atoms with Crippen LogP contribution in [-0.2, 0) is 42.2 Å². The van der Waals surface area contributed by atoms with E-state index in [1.165, 1.54) is 49.7 Å². The van der Waals surface area contributed by atoms with Gasteiger partial charge in [-0.3, -0.25) is 23.7 Å². The van der Waals surface area contributed by atoms with E-state index in [1.54, 1.807) is 0 Å². The van der Waals surface area contributed by atoms with Crippen LogP contribution >= 0.6 is 0 Å². The van der Waals surface area contributed by atoms with Crippen molar-refractivity contribution in [1.29, 1.82) is 5.26 Å². The number of likely N-dealkylation sites (tertiary alicyclic amines) is 1. The van der Waals surface area contributed by atoms with Crippen molar-refractivity contribution in [2.24, 2.45) is 7.05 Å². The highest BCUT2D eigenvalue weighted by molar-refractivity contribution is 6.02. The van der Waals surface area contributed by atoms with Crippen molar-refractivity contribution in [2.45, 2.75) is 69.9 Å². The maximum Gasteiger partial charge on any atom is 0.435 e. The summed E-state index contributed by atoms with van der Waals surface area (Å²) >= 11 is 0. The predicted octanol–water partition coefficient (Wildman–Crippen LogP) is 4.74. The third-order valence-corrected chi connectivity index (χ3v) is 10.4. The molecule has 4 aromatic heterocycles. The van der Waals surface area contributed by atoms with E-state index in [4.69, 9.17) is 0 Å². The van der Waals surface area contributed by atoms with E-state index in [2.05, 4.69) is 25.6 Å². The van der Waals surface area contributed by atoms with Crippen LogP contribution in [0.1, 0.15) is 71.2 Å². The Hall–Kier alpha value is -6.33. The van der Waals surface area contributed by atoms with Gasteiger partial charge in [-0.15, -0.1) is 5.10 Å². The largest absolute Gasteiger partial charge is 0.435 e. The molecule has 0 radical (unpaired) electrons. The summed E-state index contributed by atoms with van der Waals surface area (Å²) in [6.45, 7) is -0.344. The molecule has 1 aromatic carbocycles. The number of pyridine rings is 1. The SMILES string of the molecule is CN1CCC(c2cc(C(F)(F)F)nn2CC(C)(C)NC(=O)[C@@H](Cc2cnn(C(F)F)c2)N2CCc3c(-c4nc5c(F)nn(C)c5cc4C#N)ccc(F)c3C2=O)C1=O. The average molecular weight is 814 g/mol. The van der Waals surface area contributed by atoms with E-state index < -0.39 is 71.0 Å². The zero-order chi connectivity index (χ0) is 42.0. The molecule has 2 atom stereocenters. The number of carbonyl (C=O) groups excluding carboxylic acids is 3. The number of alkyl halides is 5. The average Bonchev–Trinajstić information content (AvgIpc) is 3.93. The van der Waals surface area contributed by atoms with Crippen molar-refractivity contribution in [3.8, 4) is 17.3 Å². The number of nitrogens with zero attached hydrogens (tertiary/aromatic N) is 10. The van der Waals surface area contributed by atoms with Crippen LogP contribution in [0.5, 0.6) is 0 Å². The number of hydrogen-bond acceptors (Lipinski definition) is 8. The number of carbonyl (C=O) groups is 3. The molecule has 1 unspecified atom stereocenters. The molecule has 1 saturated heterocycles. The molecule has 21 heteroatoms. The highest BCUT2D eigenvalue weighted by Gasteiger charge is 2.42. The zero-order valence-electron chi connectivity index (χ0n) is 31.3. The van der Waals surface area contributed by atoms with Gasteiger partial charge in [0.05, 0.1) is 52.2 Å². The van der Waals surface area contributed by atoms with E-state index in [-0.39, 0.29) is 77.0 Å². The third-order valence-electron chi connectivity index (χ3n) is 10.4. The van der Waals surface area contributed by atoms with E-state index in [9.17, 15) is 46.0 Å². The molecule has 6 heterocycles. The first-order chi connectivity index (χ1) is 27.3. The Morgan fingerprint density at radius 3 is 2.47 bits per heavy atom. The molecule has 58 heavy (non-hydrogen) atoms. The number of benzene rings is 1.